The van der Waals surface area contributed by atoms with Crippen molar-refractivity contribution >= 4 is 22.2 Å². The molecule has 2 nitrogen and oxygen atoms in total. The van der Waals surface area contributed by atoms with Crippen LogP contribution in [0.15, 0.2) is 41.2 Å². The normalized spacial score (nSPS) is 11.2. The van der Waals surface area contributed by atoms with E-state index in [9.17, 15) is 0 Å². The van der Waals surface area contributed by atoms with E-state index in [4.69, 9.17) is 0 Å². The molecule has 92 valence electrons. The van der Waals surface area contributed by atoms with E-state index in [1.807, 2.05) is 0 Å². The Labute approximate surface area is 111 Å². The highest BCUT2D eigenvalue weighted by Gasteiger charge is 2.03. The molecule has 0 aliphatic carbocycles. The fraction of sp³-hybridized carbons (Fsp3) is 0.200. The molecule has 0 aliphatic rings. The van der Waals surface area contributed by atoms with Crippen molar-refractivity contribution in [3.63, 3.8) is 0 Å². The lowest BCUT2D eigenvalue weighted by molar-refractivity contribution is 0.695. The standard InChI is InChI=1S/C15H16N2S/c1-11-9-18-10-13(11)7-16-6-12-8-17-15-5-3-2-4-14(12)15/h2-5,8-10,16-17H,6-7H2,1H3. The van der Waals surface area contributed by atoms with Crippen LogP contribution in [0.25, 0.3) is 10.9 Å². The Kier molecular flexibility index (Phi) is 3.17. The van der Waals surface area contributed by atoms with Crippen LogP contribution in [-0.4, -0.2) is 4.98 Å². The predicted molar refractivity (Wildman–Crippen MR) is 77.9 cm³/mol. The van der Waals surface area contributed by atoms with Crippen molar-refractivity contribution in [3.8, 4) is 0 Å². The van der Waals surface area contributed by atoms with Crippen molar-refractivity contribution < 1.29 is 0 Å². The van der Waals surface area contributed by atoms with Gasteiger partial charge in [-0.25, -0.2) is 0 Å². The number of rotatable bonds is 4. The molecule has 2 aromatic heterocycles. The molecule has 0 radical (unpaired) electrons. The van der Waals surface area contributed by atoms with E-state index in [0.29, 0.717) is 0 Å². The number of nitrogens with one attached hydrogen (secondary N) is 2. The van der Waals surface area contributed by atoms with Crippen LogP contribution >= 0.6 is 11.3 Å². The van der Waals surface area contributed by atoms with Gasteiger partial charge in [-0.2, -0.15) is 11.3 Å². The quantitative estimate of drug-likeness (QED) is 0.729. The molecule has 2 heterocycles. The Morgan fingerprint density at radius 3 is 2.78 bits per heavy atom. The molecule has 0 atom stereocenters. The second-order valence-corrected chi connectivity index (χ2v) is 5.29. The number of aromatic nitrogens is 1. The minimum atomic E-state index is 0.902. The summed E-state index contributed by atoms with van der Waals surface area (Å²) >= 11 is 1.77. The highest BCUT2D eigenvalue weighted by atomic mass is 32.1. The van der Waals surface area contributed by atoms with Crippen LogP contribution in [0.3, 0.4) is 0 Å². The van der Waals surface area contributed by atoms with E-state index in [0.717, 1.165) is 13.1 Å². The summed E-state index contributed by atoms with van der Waals surface area (Å²) < 4.78 is 0. The summed E-state index contributed by atoms with van der Waals surface area (Å²) in [5, 5.41) is 9.24. The number of benzene rings is 1. The number of hydrogen-bond donors (Lipinski definition) is 2. The highest BCUT2D eigenvalue weighted by molar-refractivity contribution is 7.08. The maximum atomic E-state index is 3.51. The van der Waals surface area contributed by atoms with Crippen LogP contribution in [0.5, 0.6) is 0 Å². The van der Waals surface area contributed by atoms with E-state index in [1.54, 1.807) is 11.3 Å². The Bertz CT molecular complexity index is 651. The topological polar surface area (TPSA) is 27.8 Å². The van der Waals surface area contributed by atoms with Gasteiger partial charge >= 0.3 is 0 Å². The van der Waals surface area contributed by atoms with Gasteiger partial charge in [-0.05, 0) is 40.4 Å². The molecular formula is C15H16N2S. The predicted octanol–water partition coefficient (Wildman–Crippen LogP) is 3.83. The lowest BCUT2D eigenvalue weighted by Crippen LogP contribution is -2.12. The summed E-state index contributed by atoms with van der Waals surface area (Å²) in [4.78, 5) is 3.31. The minimum absolute atomic E-state index is 0.902. The van der Waals surface area contributed by atoms with Gasteiger partial charge < -0.3 is 10.3 Å². The smallest absolute Gasteiger partial charge is 0.0457 e. The first kappa shape index (κ1) is 11.5. The first-order valence-electron chi connectivity index (χ1n) is 6.12. The van der Waals surface area contributed by atoms with Gasteiger partial charge in [0.25, 0.3) is 0 Å². The molecular weight excluding hydrogens is 240 g/mol. The summed E-state index contributed by atoms with van der Waals surface area (Å²) in [5.41, 5.74) is 5.32. The Hall–Kier alpha value is -1.58. The SMILES string of the molecule is Cc1cscc1CNCc1c[nH]c2ccccc12. The molecule has 18 heavy (non-hydrogen) atoms. The molecule has 0 bridgehead atoms. The van der Waals surface area contributed by atoms with Gasteiger partial charge in [0.05, 0.1) is 0 Å². The average molecular weight is 256 g/mol. The number of hydrogen-bond acceptors (Lipinski definition) is 2. The minimum Gasteiger partial charge on any atom is -0.361 e. The zero-order chi connectivity index (χ0) is 12.4. The molecule has 0 unspecified atom stereocenters. The number of fused-ring (bicyclic) bond motifs is 1. The largest absolute Gasteiger partial charge is 0.361 e. The molecule has 3 aromatic rings. The van der Waals surface area contributed by atoms with Crippen LogP contribution < -0.4 is 5.32 Å². The fourth-order valence-electron chi connectivity index (χ4n) is 2.18. The summed E-state index contributed by atoms with van der Waals surface area (Å²) in [5.74, 6) is 0. The van der Waals surface area contributed by atoms with Crippen molar-refractivity contribution in [2.45, 2.75) is 20.0 Å². The highest BCUT2D eigenvalue weighted by Crippen LogP contribution is 2.18. The van der Waals surface area contributed by atoms with Gasteiger partial charge in [-0.1, -0.05) is 18.2 Å². The number of aryl methyl sites for hydroxylation is 1. The van der Waals surface area contributed by atoms with Gasteiger partial charge in [-0.15, -0.1) is 0 Å². The van der Waals surface area contributed by atoms with Gasteiger partial charge in [0.15, 0.2) is 0 Å². The Morgan fingerprint density at radius 1 is 1.11 bits per heavy atom. The third-order valence-corrected chi connectivity index (χ3v) is 4.18. The van der Waals surface area contributed by atoms with Gasteiger partial charge in [-0.3, -0.25) is 0 Å². The Morgan fingerprint density at radius 2 is 1.94 bits per heavy atom. The van der Waals surface area contributed by atoms with E-state index in [1.165, 1.54) is 27.6 Å². The van der Waals surface area contributed by atoms with E-state index in [-0.39, 0.29) is 0 Å². The van der Waals surface area contributed by atoms with Crippen LogP contribution in [0, 0.1) is 6.92 Å². The molecule has 1 aromatic carbocycles. The molecule has 0 aliphatic heterocycles. The van der Waals surface area contributed by atoms with E-state index >= 15 is 0 Å². The third kappa shape index (κ3) is 2.19. The molecule has 0 saturated heterocycles. The van der Waals surface area contributed by atoms with Crippen LogP contribution in [0.2, 0.25) is 0 Å². The van der Waals surface area contributed by atoms with Crippen molar-refractivity contribution in [2.75, 3.05) is 0 Å². The maximum absolute atomic E-state index is 3.51. The van der Waals surface area contributed by atoms with E-state index < -0.39 is 0 Å². The summed E-state index contributed by atoms with van der Waals surface area (Å²) in [6.45, 7) is 4.01. The summed E-state index contributed by atoms with van der Waals surface area (Å²) in [7, 11) is 0. The van der Waals surface area contributed by atoms with Crippen molar-refractivity contribution in [2.24, 2.45) is 0 Å². The fourth-order valence-corrected chi connectivity index (χ4v) is 3.03. The van der Waals surface area contributed by atoms with Crippen molar-refractivity contribution in [1.29, 1.82) is 0 Å². The van der Waals surface area contributed by atoms with Crippen molar-refractivity contribution in [3.05, 3.63) is 57.9 Å². The Balaban J connectivity index is 1.68. The number of H-pyrrole nitrogens is 1. The molecule has 0 spiro atoms. The van der Waals surface area contributed by atoms with Gasteiger partial charge in [0, 0.05) is 30.2 Å². The van der Waals surface area contributed by atoms with Crippen LogP contribution in [-0.2, 0) is 13.1 Å². The number of aromatic amines is 1. The zero-order valence-corrected chi connectivity index (χ0v) is 11.2. The first-order chi connectivity index (χ1) is 8.84. The molecule has 3 rings (SSSR count). The summed E-state index contributed by atoms with van der Waals surface area (Å²) in [6, 6.07) is 8.42. The monoisotopic (exact) mass is 256 g/mol. The lowest BCUT2D eigenvalue weighted by atomic mass is 10.1. The number of para-hydroxylation sites is 1. The van der Waals surface area contributed by atoms with E-state index in [2.05, 4.69) is 58.4 Å². The first-order valence-corrected chi connectivity index (χ1v) is 7.06. The lowest BCUT2D eigenvalue weighted by Gasteiger charge is -2.03. The zero-order valence-electron chi connectivity index (χ0n) is 10.4. The van der Waals surface area contributed by atoms with Crippen molar-refractivity contribution in [1.82, 2.24) is 10.3 Å². The molecule has 0 fully saturated rings. The second-order valence-electron chi connectivity index (χ2n) is 4.54. The van der Waals surface area contributed by atoms with Gasteiger partial charge in [0.2, 0.25) is 0 Å². The van der Waals surface area contributed by atoms with Crippen LogP contribution in [0.1, 0.15) is 16.7 Å². The summed E-state index contributed by atoms with van der Waals surface area (Å²) in [6.07, 6.45) is 2.10. The van der Waals surface area contributed by atoms with Crippen LogP contribution in [0.4, 0.5) is 0 Å². The van der Waals surface area contributed by atoms with Gasteiger partial charge in [0.1, 0.15) is 0 Å². The molecule has 0 saturated carbocycles. The average Bonchev–Trinajstić information content (AvgIpc) is 2.97. The molecule has 3 heteroatoms. The third-order valence-electron chi connectivity index (χ3n) is 3.27. The number of thiophene rings is 1. The molecule has 2 N–H and O–H groups in total. The maximum Gasteiger partial charge on any atom is 0.0457 e. The second kappa shape index (κ2) is 4.96. The molecule has 0 amide bonds.